The summed E-state index contributed by atoms with van der Waals surface area (Å²) in [5, 5.41) is 0.111. The van der Waals surface area contributed by atoms with E-state index in [4.69, 9.17) is 40.0 Å². The van der Waals surface area contributed by atoms with Crippen molar-refractivity contribution in [3.05, 3.63) is 143 Å². The van der Waals surface area contributed by atoms with Crippen molar-refractivity contribution in [3.8, 4) is 34.5 Å². The molecule has 0 saturated heterocycles. The molecule has 63 heavy (non-hydrogen) atoms. The minimum Gasteiger partial charge on any atom is -0.494 e. The number of ether oxygens (including phenoxy) is 6. The molecule has 0 bridgehead atoms. The number of hydrogen-bond donors (Lipinski definition) is 0. The summed E-state index contributed by atoms with van der Waals surface area (Å²) in [6.45, 7) is 5.68. The van der Waals surface area contributed by atoms with Crippen molar-refractivity contribution in [2.45, 2.75) is 104 Å². The lowest BCUT2D eigenvalue weighted by Gasteiger charge is -2.10. The fraction of sp³-hybridized carbons (Fsp3) is 0.346. The van der Waals surface area contributed by atoms with Gasteiger partial charge in [0.1, 0.15) is 28.7 Å². The van der Waals surface area contributed by atoms with Crippen LogP contribution in [-0.2, 0) is 0 Å². The van der Waals surface area contributed by atoms with E-state index >= 15 is 0 Å². The third-order valence-electron chi connectivity index (χ3n) is 10.1. The quantitative estimate of drug-likeness (QED) is 0.0301. The molecule has 10 nitrogen and oxygen atoms in total. The molecular weight excluding hydrogens is 820 g/mol. The molecule has 0 amide bonds. The van der Waals surface area contributed by atoms with Gasteiger partial charge in [0, 0.05) is 6.07 Å². The molecule has 0 aliphatic carbocycles. The van der Waals surface area contributed by atoms with Crippen LogP contribution in [0.5, 0.6) is 34.5 Å². The van der Waals surface area contributed by atoms with Crippen LogP contribution in [-0.4, -0.2) is 37.1 Å². The average Bonchev–Trinajstić information content (AvgIpc) is 3.30. The first kappa shape index (κ1) is 47.9. The van der Waals surface area contributed by atoms with Crippen molar-refractivity contribution in [2.24, 2.45) is 0 Å². The van der Waals surface area contributed by atoms with E-state index in [2.05, 4.69) is 13.8 Å². The molecule has 0 atom stereocenters. The Morgan fingerprint density at radius 3 is 1.05 bits per heavy atom. The lowest BCUT2D eigenvalue weighted by Crippen LogP contribution is -2.11. The topological polar surface area (TPSA) is 124 Å². The summed E-state index contributed by atoms with van der Waals surface area (Å²) in [5.41, 5.74) is 1.06. The largest absolute Gasteiger partial charge is 0.494 e. The van der Waals surface area contributed by atoms with E-state index < -0.39 is 23.9 Å². The number of hydrogen-bond acceptors (Lipinski definition) is 10. The van der Waals surface area contributed by atoms with Crippen LogP contribution in [0.3, 0.4) is 0 Å². The van der Waals surface area contributed by atoms with E-state index in [1.807, 2.05) is 0 Å². The summed E-state index contributed by atoms with van der Waals surface area (Å²) in [7, 11) is 0. The number of carbonyl (C=O) groups excluding carboxylic acids is 4. The van der Waals surface area contributed by atoms with Gasteiger partial charge in [0.15, 0.2) is 5.75 Å². The van der Waals surface area contributed by atoms with Crippen LogP contribution in [0, 0.1) is 0 Å². The zero-order chi connectivity index (χ0) is 44.7. The highest BCUT2D eigenvalue weighted by atomic mass is 35.5. The summed E-state index contributed by atoms with van der Waals surface area (Å²) < 4.78 is 33.7. The first-order valence-electron chi connectivity index (χ1n) is 22.1. The van der Waals surface area contributed by atoms with Crippen LogP contribution in [0.1, 0.15) is 145 Å². The van der Waals surface area contributed by atoms with Gasteiger partial charge in [0.25, 0.3) is 0 Å². The molecule has 5 aromatic rings. The van der Waals surface area contributed by atoms with Crippen LogP contribution in [0.4, 0.5) is 0 Å². The Bertz CT molecular complexity index is 2180. The lowest BCUT2D eigenvalue weighted by atomic mass is 10.1. The maximum Gasteiger partial charge on any atom is 0.343 e. The Balaban J connectivity index is 1.04. The maximum atomic E-state index is 13.0. The van der Waals surface area contributed by atoms with Crippen LogP contribution < -0.4 is 28.4 Å². The summed E-state index contributed by atoms with van der Waals surface area (Å²) in [4.78, 5) is 51.5. The van der Waals surface area contributed by atoms with E-state index in [1.165, 1.54) is 131 Å². The van der Waals surface area contributed by atoms with E-state index in [-0.39, 0.29) is 39.1 Å². The van der Waals surface area contributed by atoms with Gasteiger partial charge < -0.3 is 28.4 Å². The van der Waals surface area contributed by atoms with Crippen LogP contribution in [0.15, 0.2) is 115 Å². The molecule has 0 saturated carbocycles. The number of halogens is 1. The zero-order valence-corrected chi connectivity index (χ0v) is 37.0. The minimum absolute atomic E-state index is 0.0349. The van der Waals surface area contributed by atoms with Gasteiger partial charge in [-0.1, -0.05) is 102 Å². The summed E-state index contributed by atoms with van der Waals surface area (Å²) in [6, 6.07) is 29.5. The molecule has 0 spiro atoms. The van der Waals surface area contributed by atoms with Gasteiger partial charge in [-0.25, -0.2) is 19.2 Å². The van der Waals surface area contributed by atoms with E-state index in [0.717, 1.165) is 25.7 Å². The Hall–Kier alpha value is -6.13. The van der Waals surface area contributed by atoms with Gasteiger partial charge in [0.2, 0.25) is 0 Å². The molecule has 0 heterocycles. The first-order valence-corrected chi connectivity index (χ1v) is 22.4. The van der Waals surface area contributed by atoms with Crippen LogP contribution >= 0.6 is 11.6 Å². The van der Waals surface area contributed by atoms with Gasteiger partial charge in [-0.2, -0.15) is 0 Å². The zero-order valence-electron chi connectivity index (χ0n) is 36.2. The maximum absolute atomic E-state index is 13.0. The number of unbranched alkanes of at least 4 members (excludes halogenated alkanes) is 12. The predicted octanol–water partition coefficient (Wildman–Crippen LogP) is 13.5. The summed E-state index contributed by atoms with van der Waals surface area (Å²) in [5.74, 6) is -0.650. The molecule has 0 radical (unpaired) electrons. The van der Waals surface area contributed by atoms with Crippen molar-refractivity contribution < 1.29 is 47.6 Å². The number of carbonyl (C=O) groups is 4. The molecule has 0 fully saturated rings. The van der Waals surface area contributed by atoms with Gasteiger partial charge in [0.05, 0.1) is 40.5 Å². The molecule has 0 aromatic heterocycles. The molecule has 0 N–H and O–H groups in total. The summed E-state index contributed by atoms with van der Waals surface area (Å²) in [6.07, 6.45) is 16.8. The second kappa shape index (κ2) is 26.4. The normalized spacial score (nSPS) is 10.8. The Morgan fingerprint density at radius 2 is 0.667 bits per heavy atom. The van der Waals surface area contributed by atoms with Crippen LogP contribution in [0.2, 0.25) is 5.02 Å². The average molecular weight is 877 g/mol. The third-order valence-corrected chi connectivity index (χ3v) is 10.4. The van der Waals surface area contributed by atoms with Crippen molar-refractivity contribution in [3.63, 3.8) is 0 Å². The standard InChI is InChI=1S/C52H57ClO10/c1-3-5-7-9-11-13-15-35-58-42-25-17-38(18-26-42)49(54)60-44-29-21-40(22-30-44)51(56)62-46-33-34-47(53)48(37-46)63-52(57)41-23-31-45(32-24-41)61-50(55)39-19-27-43(28-20-39)59-36-16-14-12-10-8-6-4-2/h17-34,37H,3-16,35-36H2,1-2H3. The second-order valence-corrected chi connectivity index (χ2v) is 15.6. The lowest BCUT2D eigenvalue weighted by molar-refractivity contribution is 0.0723. The molecule has 11 heteroatoms. The minimum atomic E-state index is -0.737. The SMILES string of the molecule is CCCCCCCCCOc1ccc(C(=O)Oc2ccc(C(=O)Oc3ccc(Cl)c(OC(=O)c4ccc(OC(=O)c5ccc(OCCCCCCCCC)cc5)cc4)c3)cc2)cc1. The monoisotopic (exact) mass is 876 g/mol. The van der Waals surface area contributed by atoms with Gasteiger partial charge >= 0.3 is 23.9 Å². The van der Waals surface area contributed by atoms with Crippen molar-refractivity contribution >= 4 is 35.5 Å². The Labute approximate surface area is 375 Å². The Kier molecular flexibility index (Phi) is 20.1. The molecule has 5 rings (SSSR count). The second-order valence-electron chi connectivity index (χ2n) is 15.2. The fourth-order valence-electron chi connectivity index (χ4n) is 6.47. The Morgan fingerprint density at radius 1 is 0.365 bits per heavy atom. The molecule has 0 unspecified atom stereocenters. The predicted molar refractivity (Wildman–Crippen MR) is 244 cm³/mol. The van der Waals surface area contributed by atoms with E-state index in [9.17, 15) is 19.2 Å². The van der Waals surface area contributed by atoms with Crippen LogP contribution in [0.25, 0.3) is 0 Å². The summed E-state index contributed by atoms with van der Waals surface area (Å²) >= 11 is 6.32. The molecule has 0 aliphatic rings. The first-order chi connectivity index (χ1) is 30.7. The molecular formula is C52H57ClO10. The highest BCUT2D eigenvalue weighted by Crippen LogP contribution is 2.31. The third kappa shape index (κ3) is 16.6. The fourth-order valence-corrected chi connectivity index (χ4v) is 6.63. The number of benzene rings is 5. The molecule has 5 aromatic carbocycles. The van der Waals surface area contributed by atoms with Gasteiger partial charge in [-0.3, -0.25) is 0 Å². The molecule has 332 valence electrons. The van der Waals surface area contributed by atoms with Crippen molar-refractivity contribution in [2.75, 3.05) is 13.2 Å². The van der Waals surface area contributed by atoms with E-state index in [0.29, 0.717) is 35.8 Å². The highest BCUT2D eigenvalue weighted by Gasteiger charge is 2.17. The van der Waals surface area contributed by atoms with E-state index in [1.54, 1.807) is 48.5 Å². The molecule has 0 aliphatic heterocycles. The number of rotatable bonds is 26. The van der Waals surface area contributed by atoms with Crippen molar-refractivity contribution in [1.29, 1.82) is 0 Å². The smallest absolute Gasteiger partial charge is 0.343 e. The van der Waals surface area contributed by atoms with Gasteiger partial charge in [-0.15, -0.1) is 0 Å². The van der Waals surface area contributed by atoms with Crippen molar-refractivity contribution in [1.82, 2.24) is 0 Å². The highest BCUT2D eigenvalue weighted by molar-refractivity contribution is 6.32. The van der Waals surface area contributed by atoms with Gasteiger partial charge in [-0.05, 0) is 122 Å². The number of esters is 4.